The molecular weight excluding hydrogens is 675 g/mol. The molecule has 0 spiro atoms. The fourth-order valence-electron chi connectivity index (χ4n) is 8.32. The molecule has 0 saturated heterocycles. The lowest BCUT2D eigenvalue weighted by Gasteiger charge is -2.31. The summed E-state index contributed by atoms with van der Waals surface area (Å²) in [4.78, 5) is 12.6. The molecule has 2 aromatic heterocycles. The number of hydrogen-bond donors (Lipinski definition) is 0. The van der Waals surface area contributed by atoms with E-state index in [-0.39, 0.29) is 17.3 Å². The van der Waals surface area contributed by atoms with Crippen LogP contribution in [0.5, 0.6) is 0 Å². The highest BCUT2D eigenvalue weighted by atomic mass is 16.4. The van der Waals surface area contributed by atoms with Crippen molar-refractivity contribution in [3.05, 3.63) is 193 Å². The maximum absolute atomic E-state index is 6.18. The summed E-state index contributed by atoms with van der Waals surface area (Å²) in [6.07, 6.45) is 6.79. The molecule has 8 aromatic rings. The van der Waals surface area contributed by atoms with Gasteiger partial charge in [0.25, 0.3) is 0 Å². The second kappa shape index (κ2) is 13.2. The summed E-state index contributed by atoms with van der Waals surface area (Å²) in [5, 5.41) is 8.80. The van der Waals surface area contributed by atoms with Crippen molar-refractivity contribution in [3.63, 3.8) is 0 Å². The third-order valence-corrected chi connectivity index (χ3v) is 11.1. The summed E-state index contributed by atoms with van der Waals surface area (Å²) in [7, 11) is 0. The van der Waals surface area contributed by atoms with E-state index in [0.717, 1.165) is 61.7 Å². The molecule has 2 aliphatic carbocycles. The number of benzene rings is 6. The van der Waals surface area contributed by atoms with Gasteiger partial charge in [-0.15, -0.1) is 10.2 Å². The van der Waals surface area contributed by atoms with Gasteiger partial charge < -0.3 is 9.32 Å². The van der Waals surface area contributed by atoms with Crippen molar-refractivity contribution in [2.75, 3.05) is 4.90 Å². The Morgan fingerprint density at radius 3 is 1.76 bits per heavy atom. The monoisotopic (exact) mass is 711 g/mol. The van der Waals surface area contributed by atoms with Crippen LogP contribution in [0.4, 0.5) is 17.1 Å². The fourth-order valence-corrected chi connectivity index (χ4v) is 8.32. The van der Waals surface area contributed by atoms with Crippen LogP contribution in [0.15, 0.2) is 180 Å². The van der Waals surface area contributed by atoms with Crippen molar-refractivity contribution in [3.8, 4) is 34.0 Å². The van der Waals surface area contributed by atoms with E-state index >= 15 is 0 Å². The number of nitrogens with zero attached hydrogens (tertiary/aromatic N) is 5. The van der Waals surface area contributed by atoms with Crippen molar-refractivity contribution in [1.82, 2.24) is 20.2 Å². The molecule has 0 fully saturated rings. The van der Waals surface area contributed by atoms with Crippen LogP contribution in [0.3, 0.4) is 0 Å². The van der Waals surface area contributed by atoms with Crippen molar-refractivity contribution >= 4 is 33.7 Å². The van der Waals surface area contributed by atoms with E-state index in [1.165, 1.54) is 11.1 Å². The van der Waals surface area contributed by atoms with E-state index in [1.54, 1.807) is 0 Å². The zero-order valence-corrected chi connectivity index (χ0v) is 30.5. The smallest absolute Gasteiger partial charge is 0.248 e. The molecular formula is C49H37N5O. The topological polar surface area (TPSA) is 67.9 Å². The first-order valence-electron chi connectivity index (χ1n) is 18.7. The summed E-state index contributed by atoms with van der Waals surface area (Å²) in [6.45, 7) is 4.71. The Bertz CT molecular complexity index is 2740. The van der Waals surface area contributed by atoms with Crippen molar-refractivity contribution < 1.29 is 4.42 Å². The average molecular weight is 712 g/mol. The van der Waals surface area contributed by atoms with E-state index in [9.17, 15) is 0 Å². The van der Waals surface area contributed by atoms with E-state index in [1.807, 2.05) is 72.8 Å². The van der Waals surface area contributed by atoms with Gasteiger partial charge in [-0.25, -0.2) is 9.97 Å². The van der Waals surface area contributed by atoms with Gasteiger partial charge in [-0.2, -0.15) is 0 Å². The minimum atomic E-state index is -0.150. The average Bonchev–Trinajstić information content (AvgIpc) is 3.83. The lowest BCUT2D eigenvalue weighted by atomic mass is 9.73. The van der Waals surface area contributed by atoms with Gasteiger partial charge in [0, 0.05) is 45.2 Å². The number of fused-ring (bicyclic) bond motifs is 4. The molecule has 2 aliphatic rings. The fraction of sp³-hybridized carbons (Fsp3) is 0.102. The largest absolute Gasteiger partial charge is 0.416 e. The van der Waals surface area contributed by atoms with Gasteiger partial charge in [0.2, 0.25) is 11.8 Å². The zero-order chi connectivity index (χ0) is 36.9. The molecule has 55 heavy (non-hydrogen) atoms. The minimum Gasteiger partial charge on any atom is -0.416 e. The number of allylic oxidation sites excluding steroid dienone is 4. The molecule has 10 rings (SSSR count). The third kappa shape index (κ3) is 5.74. The van der Waals surface area contributed by atoms with Crippen LogP contribution in [-0.2, 0) is 5.41 Å². The van der Waals surface area contributed by atoms with E-state index < -0.39 is 0 Å². The van der Waals surface area contributed by atoms with Gasteiger partial charge in [-0.1, -0.05) is 129 Å². The molecule has 0 bridgehead atoms. The second-order valence-electron chi connectivity index (χ2n) is 14.8. The first-order chi connectivity index (χ1) is 27.0. The van der Waals surface area contributed by atoms with E-state index in [0.29, 0.717) is 11.8 Å². The SMILES string of the molecule is CC1(C)c2cc(N(c3ccccc3)c3ccc(-c4nc5ccccc5nc4-c4ccccc4)cc3)ccc2C2C=CC(c3nnc(-c4ccccc4)o3)=CC21. The molecule has 264 valence electrons. The molecule has 6 heteroatoms. The number of aromatic nitrogens is 4. The molecule has 0 radical (unpaired) electrons. The first-order valence-corrected chi connectivity index (χ1v) is 18.7. The Kier molecular flexibility index (Phi) is 7.84. The Labute approximate surface area is 320 Å². The van der Waals surface area contributed by atoms with Crippen molar-refractivity contribution in [2.45, 2.75) is 25.2 Å². The van der Waals surface area contributed by atoms with Gasteiger partial charge >= 0.3 is 0 Å². The minimum absolute atomic E-state index is 0.150. The van der Waals surface area contributed by atoms with Crippen LogP contribution < -0.4 is 4.90 Å². The van der Waals surface area contributed by atoms with Gasteiger partial charge in [0.15, 0.2) is 0 Å². The summed E-state index contributed by atoms with van der Waals surface area (Å²) < 4.78 is 6.18. The second-order valence-corrected chi connectivity index (χ2v) is 14.8. The van der Waals surface area contributed by atoms with Crippen LogP contribution in [0.25, 0.3) is 50.6 Å². The lowest BCUT2D eigenvalue weighted by Crippen LogP contribution is -2.25. The molecule has 6 aromatic carbocycles. The summed E-state index contributed by atoms with van der Waals surface area (Å²) >= 11 is 0. The van der Waals surface area contributed by atoms with Gasteiger partial charge in [-0.3, -0.25) is 0 Å². The Morgan fingerprint density at radius 1 is 0.545 bits per heavy atom. The Hall–Kier alpha value is -6.92. The highest BCUT2D eigenvalue weighted by Gasteiger charge is 2.46. The molecule has 0 N–H and O–H groups in total. The van der Waals surface area contributed by atoms with Gasteiger partial charge in [-0.05, 0) is 83.1 Å². The quantitative estimate of drug-likeness (QED) is 0.164. The molecule has 2 unspecified atom stereocenters. The number of rotatable bonds is 7. The molecule has 2 heterocycles. The molecule has 6 nitrogen and oxygen atoms in total. The maximum Gasteiger partial charge on any atom is 0.248 e. The van der Waals surface area contributed by atoms with Crippen LogP contribution >= 0.6 is 0 Å². The molecule has 2 atom stereocenters. The van der Waals surface area contributed by atoms with E-state index in [2.05, 4.69) is 132 Å². The Balaban J connectivity index is 1.01. The standard InChI is InChI=1S/C49H37N5O/c1-49(2)41-30-35(48-53-52-47(55-48)34-16-8-4-9-17-34)24-28-39(41)40-29-27-38(31-42(40)49)54(36-18-10-5-11-19-36)37-25-22-33(23-26-37)46-45(32-14-6-3-7-15-32)50-43-20-12-13-21-44(43)51-46/h3-31,39,41H,1-2H3. The first kappa shape index (κ1) is 32.7. The Morgan fingerprint density at radius 2 is 1.09 bits per heavy atom. The van der Waals surface area contributed by atoms with Crippen molar-refractivity contribution in [2.24, 2.45) is 5.92 Å². The molecule has 0 saturated carbocycles. The third-order valence-electron chi connectivity index (χ3n) is 11.1. The van der Waals surface area contributed by atoms with Crippen LogP contribution in [0.1, 0.15) is 36.8 Å². The molecule has 0 amide bonds. The predicted octanol–water partition coefficient (Wildman–Crippen LogP) is 12.1. The normalized spacial score (nSPS) is 16.7. The summed E-state index contributed by atoms with van der Waals surface area (Å²) in [5.41, 5.74) is 13.2. The lowest BCUT2D eigenvalue weighted by molar-refractivity contribution is 0.394. The zero-order valence-electron chi connectivity index (χ0n) is 30.5. The number of para-hydroxylation sites is 3. The van der Waals surface area contributed by atoms with Crippen LogP contribution in [0, 0.1) is 5.92 Å². The van der Waals surface area contributed by atoms with Gasteiger partial charge in [0.05, 0.1) is 22.4 Å². The predicted molar refractivity (Wildman–Crippen MR) is 221 cm³/mol. The van der Waals surface area contributed by atoms with Crippen molar-refractivity contribution in [1.29, 1.82) is 0 Å². The number of anilines is 3. The van der Waals surface area contributed by atoms with Crippen LogP contribution in [-0.4, -0.2) is 20.2 Å². The summed E-state index contributed by atoms with van der Waals surface area (Å²) in [6, 6.07) is 54.6. The number of hydrogen-bond acceptors (Lipinski definition) is 6. The van der Waals surface area contributed by atoms with E-state index in [4.69, 9.17) is 14.4 Å². The van der Waals surface area contributed by atoms with Gasteiger partial charge in [0.1, 0.15) is 0 Å². The highest BCUT2D eigenvalue weighted by Crippen LogP contribution is 2.55. The van der Waals surface area contributed by atoms with Crippen LogP contribution in [0.2, 0.25) is 0 Å². The molecule has 0 aliphatic heterocycles. The highest BCUT2D eigenvalue weighted by molar-refractivity contribution is 5.87. The summed E-state index contributed by atoms with van der Waals surface area (Å²) in [5.74, 6) is 1.56. The maximum atomic E-state index is 6.18.